The van der Waals surface area contributed by atoms with E-state index in [9.17, 15) is 0 Å². The first-order valence-corrected chi connectivity index (χ1v) is 7.20. The van der Waals surface area contributed by atoms with Crippen LogP contribution in [-0.4, -0.2) is 23.8 Å². The highest BCUT2D eigenvalue weighted by atomic mass is 15.2. The number of hydrogen-bond donors (Lipinski definition) is 2. The Morgan fingerprint density at radius 2 is 2.00 bits per heavy atom. The molecule has 0 bridgehead atoms. The highest BCUT2D eigenvalue weighted by Crippen LogP contribution is 2.31. The van der Waals surface area contributed by atoms with Gasteiger partial charge in [0.1, 0.15) is 0 Å². The third-order valence-electron chi connectivity index (χ3n) is 4.40. The summed E-state index contributed by atoms with van der Waals surface area (Å²) in [6.07, 6.45) is 1.87. The number of nitrogens with one attached hydrogen (secondary N) is 1. The molecule has 0 aromatic heterocycles. The van der Waals surface area contributed by atoms with Crippen molar-refractivity contribution in [2.45, 2.75) is 32.7 Å². The van der Waals surface area contributed by atoms with E-state index in [2.05, 4.69) is 43.0 Å². The van der Waals surface area contributed by atoms with E-state index in [0.29, 0.717) is 12.3 Å². The summed E-state index contributed by atoms with van der Waals surface area (Å²) in [4.78, 5) is 2.50. The van der Waals surface area contributed by atoms with Crippen molar-refractivity contribution in [3.8, 4) is 0 Å². The van der Waals surface area contributed by atoms with Gasteiger partial charge in [0.25, 0.3) is 0 Å². The molecule has 104 valence electrons. The zero-order valence-corrected chi connectivity index (χ0v) is 12.0. The summed E-state index contributed by atoms with van der Waals surface area (Å²) in [6.45, 7) is 6.88. The van der Waals surface area contributed by atoms with Crippen molar-refractivity contribution in [1.82, 2.24) is 4.90 Å². The van der Waals surface area contributed by atoms with Gasteiger partial charge >= 0.3 is 0 Å². The molecule has 19 heavy (non-hydrogen) atoms. The van der Waals surface area contributed by atoms with Crippen LogP contribution in [0.2, 0.25) is 0 Å². The lowest BCUT2D eigenvalue weighted by molar-refractivity contribution is 0.0976. The smallest absolute Gasteiger partial charge is 0.0924 e. The second-order valence-corrected chi connectivity index (χ2v) is 5.89. The number of nitrogens with zero attached hydrogens (tertiary/aromatic N) is 1. The molecule has 1 aliphatic rings. The molecule has 2 rings (SSSR count). The standard InChI is InChI=1S/C16H25N3/c1-12-8-9-19(11-13(12)2)15(10-16(17)18)14-6-4-3-5-7-14/h3-7,12-13,15H,8-11H2,1-2H3,(H3,17,18). The average molecular weight is 259 g/mol. The molecule has 0 amide bonds. The first-order chi connectivity index (χ1) is 9.08. The minimum absolute atomic E-state index is 0.258. The molecule has 3 nitrogen and oxygen atoms in total. The predicted octanol–water partition coefficient (Wildman–Crippen LogP) is 3.03. The van der Waals surface area contributed by atoms with E-state index in [1.54, 1.807) is 0 Å². The van der Waals surface area contributed by atoms with E-state index in [-0.39, 0.29) is 11.9 Å². The number of rotatable bonds is 4. The topological polar surface area (TPSA) is 53.1 Å². The average Bonchev–Trinajstić information content (AvgIpc) is 2.40. The van der Waals surface area contributed by atoms with Gasteiger partial charge in [-0.3, -0.25) is 10.3 Å². The zero-order valence-electron chi connectivity index (χ0n) is 12.0. The van der Waals surface area contributed by atoms with Crippen molar-refractivity contribution in [1.29, 1.82) is 5.41 Å². The van der Waals surface area contributed by atoms with E-state index in [4.69, 9.17) is 11.1 Å². The van der Waals surface area contributed by atoms with Gasteiger partial charge < -0.3 is 5.73 Å². The third kappa shape index (κ3) is 3.57. The minimum Gasteiger partial charge on any atom is -0.388 e. The Bertz CT molecular complexity index is 415. The molecule has 1 heterocycles. The predicted molar refractivity (Wildman–Crippen MR) is 80.2 cm³/mol. The molecule has 0 radical (unpaired) electrons. The minimum atomic E-state index is 0.258. The number of amidine groups is 1. The van der Waals surface area contributed by atoms with Crippen molar-refractivity contribution in [2.75, 3.05) is 13.1 Å². The molecule has 0 saturated carbocycles. The molecule has 1 aromatic carbocycles. The Kier molecular flexibility index (Phi) is 4.59. The Morgan fingerprint density at radius 1 is 1.32 bits per heavy atom. The number of hydrogen-bond acceptors (Lipinski definition) is 2. The van der Waals surface area contributed by atoms with Crippen LogP contribution in [-0.2, 0) is 0 Å². The molecule has 3 atom stereocenters. The van der Waals surface area contributed by atoms with Crippen LogP contribution in [0.5, 0.6) is 0 Å². The monoisotopic (exact) mass is 259 g/mol. The number of nitrogens with two attached hydrogens (primary N) is 1. The van der Waals surface area contributed by atoms with Crippen molar-refractivity contribution >= 4 is 5.84 Å². The van der Waals surface area contributed by atoms with Gasteiger partial charge in [0.15, 0.2) is 0 Å². The third-order valence-corrected chi connectivity index (χ3v) is 4.40. The van der Waals surface area contributed by atoms with Gasteiger partial charge in [0.2, 0.25) is 0 Å². The molecular weight excluding hydrogens is 234 g/mol. The quantitative estimate of drug-likeness (QED) is 0.645. The lowest BCUT2D eigenvalue weighted by Crippen LogP contribution is -2.41. The molecule has 1 saturated heterocycles. The Morgan fingerprint density at radius 3 is 2.58 bits per heavy atom. The summed E-state index contributed by atoms with van der Waals surface area (Å²) in [5.74, 6) is 1.79. The Balaban J connectivity index is 2.16. The fraction of sp³-hybridized carbons (Fsp3) is 0.562. The fourth-order valence-electron chi connectivity index (χ4n) is 2.92. The van der Waals surface area contributed by atoms with E-state index >= 15 is 0 Å². The van der Waals surface area contributed by atoms with E-state index < -0.39 is 0 Å². The normalized spacial score (nSPS) is 26.0. The van der Waals surface area contributed by atoms with Gasteiger partial charge in [0, 0.05) is 19.0 Å². The first-order valence-electron chi connectivity index (χ1n) is 7.20. The van der Waals surface area contributed by atoms with Crippen LogP contribution in [0.1, 0.15) is 38.3 Å². The van der Waals surface area contributed by atoms with Gasteiger partial charge in [-0.1, -0.05) is 44.2 Å². The van der Waals surface area contributed by atoms with E-state index in [1.807, 2.05) is 6.07 Å². The second kappa shape index (κ2) is 6.20. The Hall–Kier alpha value is -1.35. The highest BCUT2D eigenvalue weighted by molar-refractivity contribution is 5.77. The van der Waals surface area contributed by atoms with Crippen LogP contribution in [0.25, 0.3) is 0 Å². The van der Waals surface area contributed by atoms with Crippen LogP contribution in [0.3, 0.4) is 0 Å². The summed E-state index contributed by atoms with van der Waals surface area (Å²) >= 11 is 0. The number of likely N-dealkylation sites (tertiary alicyclic amines) is 1. The molecule has 0 aliphatic carbocycles. The molecule has 3 heteroatoms. The zero-order chi connectivity index (χ0) is 13.8. The first kappa shape index (κ1) is 14.1. The van der Waals surface area contributed by atoms with Gasteiger partial charge in [0.05, 0.1) is 5.84 Å². The number of piperidine rings is 1. The second-order valence-electron chi connectivity index (χ2n) is 5.89. The molecule has 3 unspecified atom stereocenters. The SMILES string of the molecule is CC1CCN(C(CC(=N)N)c2ccccc2)CC1C. The number of benzene rings is 1. The molecule has 0 spiro atoms. The molecule has 1 aliphatic heterocycles. The molecule has 1 fully saturated rings. The van der Waals surface area contributed by atoms with Crippen molar-refractivity contribution in [3.63, 3.8) is 0 Å². The van der Waals surface area contributed by atoms with Crippen LogP contribution >= 0.6 is 0 Å². The summed E-state index contributed by atoms with van der Waals surface area (Å²) in [5, 5.41) is 7.63. The summed E-state index contributed by atoms with van der Waals surface area (Å²) in [5.41, 5.74) is 6.93. The lowest BCUT2D eigenvalue weighted by atomic mass is 9.86. The molecular formula is C16H25N3. The van der Waals surface area contributed by atoms with Gasteiger partial charge in [-0.15, -0.1) is 0 Å². The maximum atomic E-state index is 7.63. The molecule has 3 N–H and O–H groups in total. The van der Waals surface area contributed by atoms with Crippen molar-refractivity contribution < 1.29 is 0 Å². The fourth-order valence-corrected chi connectivity index (χ4v) is 2.92. The summed E-state index contributed by atoms with van der Waals surface area (Å²) in [6, 6.07) is 10.7. The van der Waals surface area contributed by atoms with Crippen LogP contribution < -0.4 is 5.73 Å². The van der Waals surface area contributed by atoms with Crippen molar-refractivity contribution in [2.24, 2.45) is 17.6 Å². The highest BCUT2D eigenvalue weighted by Gasteiger charge is 2.28. The van der Waals surface area contributed by atoms with Crippen LogP contribution in [0.15, 0.2) is 30.3 Å². The van der Waals surface area contributed by atoms with Gasteiger partial charge in [-0.05, 0) is 30.4 Å². The maximum Gasteiger partial charge on any atom is 0.0924 e. The van der Waals surface area contributed by atoms with Crippen molar-refractivity contribution in [3.05, 3.63) is 35.9 Å². The van der Waals surface area contributed by atoms with E-state index in [0.717, 1.165) is 19.0 Å². The van der Waals surface area contributed by atoms with E-state index in [1.165, 1.54) is 12.0 Å². The van der Waals surface area contributed by atoms with Crippen LogP contribution in [0, 0.1) is 17.2 Å². The maximum absolute atomic E-state index is 7.63. The largest absolute Gasteiger partial charge is 0.388 e. The van der Waals surface area contributed by atoms with Gasteiger partial charge in [-0.2, -0.15) is 0 Å². The molecule has 1 aromatic rings. The summed E-state index contributed by atoms with van der Waals surface area (Å²) in [7, 11) is 0. The summed E-state index contributed by atoms with van der Waals surface area (Å²) < 4.78 is 0. The van der Waals surface area contributed by atoms with Gasteiger partial charge in [-0.25, -0.2) is 0 Å². The van der Waals surface area contributed by atoms with Crippen LogP contribution in [0.4, 0.5) is 0 Å². The Labute approximate surface area is 116 Å². The lowest BCUT2D eigenvalue weighted by Gasteiger charge is -2.40.